The SMILES string of the molecule is C1=CC2Oc3ccccc3C2C(c2nc(-c3ccccc3)nc(-c3ccccc3)n2)=C1c1cccc2oc3ccccc3c12. The second-order valence-corrected chi connectivity index (χ2v) is 11.1. The number of para-hydroxylation sites is 2. The molecule has 0 spiro atoms. The number of rotatable bonds is 4. The quantitative estimate of drug-likeness (QED) is 0.212. The van der Waals surface area contributed by atoms with Gasteiger partial charge in [0, 0.05) is 33.0 Å². The standard InChI is InChI=1S/C39H25N3O2/c1-3-12-24(13-4-1)37-40-38(25-14-5-2-6-15-25)42-39(41-37)36-27(22-23-33-35(36)29-17-8-10-20-31(29)44-33)26-18-11-21-32-34(26)28-16-7-9-19-30(28)43-32/h1-23,33,35H. The maximum absolute atomic E-state index is 6.51. The summed E-state index contributed by atoms with van der Waals surface area (Å²) in [6, 6.07) is 43.0. The van der Waals surface area contributed by atoms with Gasteiger partial charge in [0.25, 0.3) is 0 Å². The van der Waals surface area contributed by atoms with Crippen LogP contribution in [0.3, 0.4) is 0 Å². The van der Waals surface area contributed by atoms with Gasteiger partial charge in [0.15, 0.2) is 17.5 Å². The third-order valence-electron chi connectivity index (χ3n) is 8.53. The van der Waals surface area contributed by atoms with Gasteiger partial charge in [-0.1, -0.05) is 115 Å². The minimum atomic E-state index is -0.177. The number of furan rings is 1. The minimum Gasteiger partial charge on any atom is -0.485 e. The van der Waals surface area contributed by atoms with E-state index in [0.29, 0.717) is 17.5 Å². The van der Waals surface area contributed by atoms with Crippen molar-refractivity contribution in [1.82, 2.24) is 15.0 Å². The van der Waals surface area contributed by atoms with Crippen LogP contribution < -0.4 is 4.74 Å². The molecule has 5 nitrogen and oxygen atoms in total. The minimum absolute atomic E-state index is 0.103. The third kappa shape index (κ3) is 3.90. The predicted octanol–water partition coefficient (Wildman–Crippen LogP) is 9.13. The lowest BCUT2D eigenvalue weighted by Crippen LogP contribution is -2.22. The molecule has 0 N–H and O–H groups in total. The normalized spacial score (nSPS) is 17.1. The molecule has 7 aromatic rings. The molecule has 9 rings (SSSR count). The summed E-state index contributed by atoms with van der Waals surface area (Å²) in [5.74, 6) is 2.68. The van der Waals surface area contributed by atoms with Crippen LogP contribution in [0.5, 0.6) is 5.75 Å². The van der Waals surface area contributed by atoms with Gasteiger partial charge in [0.2, 0.25) is 0 Å². The smallest absolute Gasteiger partial charge is 0.164 e. The van der Waals surface area contributed by atoms with Gasteiger partial charge >= 0.3 is 0 Å². The molecule has 0 saturated carbocycles. The second-order valence-electron chi connectivity index (χ2n) is 11.1. The fraction of sp³-hybridized carbons (Fsp3) is 0.0513. The highest BCUT2D eigenvalue weighted by atomic mass is 16.5. The van der Waals surface area contributed by atoms with E-state index >= 15 is 0 Å². The lowest BCUT2D eigenvalue weighted by molar-refractivity contribution is 0.271. The molecule has 5 heteroatoms. The van der Waals surface area contributed by atoms with Crippen molar-refractivity contribution < 1.29 is 9.15 Å². The summed E-state index contributed by atoms with van der Waals surface area (Å²) in [7, 11) is 0. The Hall–Kier alpha value is -5.81. The Morgan fingerprint density at radius 3 is 1.95 bits per heavy atom. The van der Waals surface area contributed by atoms with E-state index in [4.69, 9.17) is 24.1 Å². The third-order valence-corrected chi connectivity index (χ3v) is 8.53. The van der Waals surface area contributed by atoms with Gasteiger partial charge in [-0.25, -0.2) is 15.0 Å². The van der Waals surface area contributed by atoms with Crippen LogP contribution in [0.15, 0.2) is 144 Å². The average Bonchev–Trinajstić information content (AvgIpc) is 3.67. The van der Waals surface area contributed by atoms with Gasteiger partial charge in [0.1, 0.15) is 23.0 Å². The highest BCUT2D eigenvalue weighted by Crippen LogP contribution is 2.52. The molecule has 1 aliphatic carbocycles. The molecule has 0 bridgehead atoms. The van der Waals surface area contributed by atoms with Crippen molar-refractivity contribution in [2.45, 2.75) is 12.0 Å². The summed E-state index contributed by atoms with van der Waals surface area (Å²) in [6.07, 6.45) is 4.17. The Morgan fingerprint density at radius 2 is 1.18 bits per heavy atom. The molecule has 208 valence electrons. The van der Waals surface area contributed by atoms with Crippen LogP contribution in [-0.2, 0) is 0 Å². The maximum atomic E-state index is 6.51. The molecule has 0 radical (unpaired) electrons. The molecule has 0 fully saturated rings. The molecule has 3 heterocycles. The molecule has 0 saturated heterocycles. The first-order valence-corrected chi connectivity index (χ1v) is 14.8. The van der Waals surface area contributed by atoms with Crippen molar-refractivity contribution in [2.24, 2.45) is 0 Å². The summed E-state index contributed by atoms with van der Waals surface area (Å²) in [5.41, 5.74) is 7.84. The van der Waals surface area contributed by atoms with Crippen molar-refractivity contribution in [2.75, 3.05) is 0 Å². The van der Waals surface area contributed by atoms with Crippen LogP contribution in [0.25, 0.3) is 55.9 Å². The highest BCUT2D eigenvalue weighted by molar-refractivity contribution is 6.14. The fourth-order valence-electron chi connectivity index (χ4n) is 6.58. The van der Waals surface area contributed by atoms with E-state index in [9.17, 15) is 0 Å². The van der Waals surface area contributed by atoms with Crippen molar-refractivity contribution >= 4 is 33.1 Å². The van der Waals surface area contributed by atoms with Gasteiger partial charge < -0.3 is 9.15 Å². The fourth-order valence-corrected chi connectivity index (χ4v) is 6.58. The second kappa shape index (κ2) is 9.89. The molecule has 2 atom stereocenters. The first-order chi connectivity index (χ1) is 21.8. The molecule has 2 unspecified atom stereocenters. The van der Waals surface area contributed by atoms with E-state index in [1.165, 1.54) is 0 Å². The summed E-state index contributed by atoms with van der Waals surface area (Å²) < 4.78 is 12.8. The lowest BCUT2D eigenvalue weighted by atomic mass is 9.78. The number of aromatic nitrogens is 3. The lowest BCUT2D eigenvalue weighted by Gasteiger charge is -2.26. The van der Waals surface area contributed by atoms with E-state index in [1.54, 1.807) is 0 Å². The summed E-state index contributed by atoms with van der Waals surface area (Å²) in [6.45, 7) is 0. The zero-order valence-corrected chi connectivity index (χ0v) is 23.6. The molecule has 44 heavy (non-hydrogen) atoms. The largest absolute Gasteiger partial charge is 0.485 e. The first kappa shape index (κ1) is 24.8. The summed E-state index contributed by atoms with van der Waals surface area (Å²) >= 11 is 0. The van der Waals surface area contributed by atoms with Crippen LogP contribution >= 0.6 is 0 Å². The number of allylic oxidation sites excluding steroid dienone is 2. The topological polar surface area (TPSA) is 61.0 Å². The number of nitrogens with zero attached hydrogens (tertiary/aromatic N) is 3. The van der Waals surface area contributed by atoms with Gasteiger partial charge in [-0.3, -0.25) is 0 Å². The molecular formula is C39H25N3O2. The number of fused-ring (bicyclic) bond motifs is 6. The van der Waals surface area contributed by atoms with Crippen molar-refractivity contribution in [1.29, 1.82) is 0 Å². The molecular weight excluding hydrogens is 542 g/mol. The van der Waals surface area contributed by atoms with E-state index in [-0.39, 0.29) is 12.0 Å². The number of ether oxygens (including phenoxy) is 1. The van der Waals surface area contributed by atoms with Crippen LogP contribution in [0.4, 0.5) is 0 Å². The molecule has 2 aromatic heterocycles. The van der Waals surface area contributed by atoms with E-state index in [2.05, 4.69) is 48.6 Å². The van der Waals surface area contributed by atoms with Crippen LogP contribution in [0.2, 0.25) is 0 Å². The molecule has 0 amide bonds. The molecule has 5 aromatic carbocycles. The Balaban J connectivity index is 1.38. The zero-order valence-electron chi connectivity index (χ0n) is 23.6. The average molecular weight is 568 g/mol. The highest BCUT2D eigenvalue weighted by Gasteiger charge is 2.41. The number of hydrogen-bond donors (Lipinski definition) is 0. The van der Waals surface area contributed by atoms with Gasteiger partial charge in [-0.2, -0.15) is 0 Å². The van der Waals surface area contributed by atoms with Gasteiger partial charge in [0.05, 0.1) is 5.92 Å². The zero-order chi connectivity index (χ0) is 29.0. The van der Waals surface area contributed by atoms with Crippen molar-refractivity contribution in [3.05, 3.63) is 156 Å². The van der Waals surface area contributed by atoms with Gasteiger partial charge in [-0.15, -0.1) is 0 Å². The van der Waals surface area contributed by atoms with Crippen LogP contribution in [-0.4, -0.2) is 21.1 Å². The summed E-state index contributed by atoms with van der Waals surface area (Å²) in [5, 5.41) is 2.15. The monoisotopic (exact) mass is 567 g/mol. The predicted molar refractivity (Wildman–Crippen MR) is 174 cm³/mol. The Labute approximate surface area is 253 Å². The van der Waals surface area contributed by atoms with Crippen LogP contribution in [0.1, 0.15) is 22.9 Å². The number of benzene rings is 5. The summed E-state index contributed by atoms with van der Waals surface area (Å²) in [4.78, 5) is 15.4. The van der Waals surface area contributed by atoms with E-state index in [1.807, 2.05) is 91.0 Å². The Morgan fingerprint density at radius 1 is 0.545 bits per heavy atom. The molecule has 2 aliphatic rings. The van der Waals surface area contributed by atoms with Crippen molar-refractivity contribution in [3.63, 3.8) is 0 Å². The van der Waals surface area contributed by atoms with Crippen molar-refractivity contribution in [3.8, 4) is 28.5 Å². The van der Waals surface area contributed by atoms with E-state index in [0.717, 1.165) is 61.1 Å². The van der Waals surface area contributed by atoms with Gasteiger partial charge in [-0.05, 0) is 35.4 Å². The Bertz CT molecular complexity index is 2210. The molecule has 1 aliphatic heterocycles. The first-order valence-electron chi connectivity index (χ1n) is 14.8. The number of hydrogen-bond acceptors (Lipinski definition) is 5. The van der Waals surface area contributed by atoms with Crippen LogP contribution in [0, 0.1) is 0 Å². The van der Waals surface area contributed by atoms with E-state index < -0.39 is 0 Å². The maximum Gasteiger partial charge on any atom is 0.164 e. The Kier molecular flexibility index (Phi) is 5.56.